The number of carbonyl (C=O) groups excluding carboxylic acids is 1. The maximum atomic E-state index is 11.4. The molecule has 0 saturated carbocycles. The second-order valence-corrected chi connectivity index (χ2v) is 4.04. The molecule has 0 aliphatic carbocycles. The highest BCUT2D eigenvalue weighted by Gasteiger charge is 2.20. The third-order valence-electron chi connectivity index (χ3n) is 1.97. The summed E-state index contributed by atoms with van der Waals surface area (Å²) in [7, 11) is 0. The molecule has 1 rings (SSSR count). The van der Waals surface area contributed by atoms with Crippen LogP contribution in [-0.4, -0.2) is 16.8 Å². The highest BCUT2D eigenvalue weighted by molar-refractivity contribution is 6.37. The van der Waals surface area contributed by atoms with E-state index in [1.165, 1.54) is 6.07 Å². The second kappa shape index (κ2) is 5.65. The minimum absolute atomic E-state index is 0.117. The number of nitrogens with two attached hydrogens (primary N) is 1. The van der Waals surface area contributed by atoms with Gasteiger partial charge in [-0.25, -0.2) is 0 Å². The Morgan fingerprint density at radius 1 is 1.50 bits per heavy atom. The Hall–Kier alpha value is -1.86. The first kappa shape index (κ1) is 14.2. The van der Waals surface area contributed by atoms with Gasteiger partial charge in [0.1, 0.15) is 5.02 Å². The SMILES string of the molecule is N=C(N)NC(=O)Cc1c(Cl)ccc([N+](=O)[O-])c1Cl. The highest BCUT2D eigenvalue weighted by atomic mass is 35.5. The zero-order chi connectivity index (χ0) is 13.9. The summed E-state index contributed by atoms with van der Waals surface area (Å²) in [6.07, 6.45) is -0.307. The standard InChI is InChI=1S/C9H8Cl2N4O3/c10-5-1-2-6(15(17)18)8(11)4(5)3-7(16)14-9(12)13/h1-2H,3H2,(H4,12,13,14,16). The highest BCUT2D eigenvalue weighted by Crippen LogP contribution is 2.33. The molecule has 0 fully saturated rings. The molecule has 0 atom stereocenters. The number of nitro benzene ring substituents is 1. The number of hydrogen-bond donors (Lipinski definition) is 3. The maximum Gasteiger partial charge on any atom is 0.288 e. The van der Waals surface area contributed by atoms with Gasteiger partial charge in [-0.2, -0.15) is 0 Å². The van der Waals surface area contributed by atoms with Gasteiger partial charge in [0.15, 0.2) is 5.96 Å². The molecule has 0 unspecified atom stereocenters. The van der Waals surface area contributed by atoms with Crippen molar-refractivity contribution in [3.63, 3.8) is 0 Å². The van der Waals surface area contributed by atoms with Crippen LogP contribution in [0.15, 0.2) is 12.1 Å². The predicted octanol–water partition coefficient (Wildman–Crippen LogP) is 1.45. The molecule has 0 spiro atoms. The van der Waals surface area contributed by atoms with Gasteiger partial charge < -0.3 is 5.73 Å². The summed E-state index contributed by atoms with van der Waals surface area (Å²) in [6, 6.07) is 2.43. The number of nitrogens with zero attached hydrogens (tertiary/aromatic N) is 1. The summed E-state index contributed by atoms with van der Waals surface area (Å²) in [5.41, 5.74) is 4.75. The predicted molar refractivity (Wildman–Crippen MR) is 66.9 cm³/mol. The van der Waals surface area contributed by atoms with Gasteiger partial charge in [0.05, 0.1) is 11.3 Å². The van der Waals surface area contributed by atoms with Crippen LogP contribution in [-0.2, 0) is 11.2 Å². The summed E-state index contributed by atoms with van der Waals surface area (Å²) >= 11 is 11.6. The Balaban J connectivity index is 3.08. The summed E-state index contributed by atoms with van der Waals surface area (Å²) in [4.78, 5) is 21.4. The van der Waals surface area contributed by atoms with E-state index in [9.17, 15) is 14.9 Å². The van der Waals surface area contributed by atoms with Gasteiger partial charge in [-0.05, 0) is 6.07 Å². The van der Waals surface area contributed by atoms with Crippen molar-refractivity contribution in [2.24, 2.45) is 5.73 Å². The van der Waals surface area contributed by atoms with Crippen LogP contribution in [0.25, 0.3) is 0 Å². The lowest BCUT2D eigenvalue weighted by molar-refractivity contribution is -0.384. The van der Waals surface area contributed by atoms with Gasteiger partial charge in [-0.3, -0.25) is 25.6 Å². The molecule has 9 heteroatoms. The first-order chi connectivity index (χ1) is 8.32. The van der Waals surface area contributed by atoms with Gasteiger partial charge in [0.25, 0.3) is 5.69 Å². The van der Waals surface area contributed by atoms with Gasteiger partial charge in [0.2, 0.25) is 5.91 Å². The number of amides is 1. The summed E-state index contributed by atoms with van der Waals surface area (Å²) < 4.78 is 0. The van der Waals surface area contributed by atoms with Crippen LogP contribution in [0, 0.1) is 15.5 Å². The van der Waals surface area contributed by atoms with E-state index in [1.807, 2.05) is 5.32 Å². The number of halogens is 2. The van der Waals surface area contributed by atoms with Crippen molar-refractivity contribution in [2.75, 3.05) is 0 Å². The number of rotatable bonds is 3. The normalized spacial score (nSPS) is 9.89. The van der Waals surface area contributed by atoms with Crippen molar-refractivity contribution in [3.8, 4) is 0 Å². The molecule has 0 radical (unpaired) electrons. The van der Waals surface area contributed by atoms with Crippen LogP contribution in [0.3, 0.4) is 0 Å². The maximum absolute atomic E-state index is 11.4. The molecule has 7 nitrogen and oxygen atoms in total. The van der Waals surface area contributed by atoms with Gasteiger partial charge in [0, 0.05) is 16.7 Å². The molecule has 1 aromatic rings. The topological polar surface area (TPSA) is 122 Å². The Kier molecular flexibility index (Phi) is 4.46. The average molecular weight is 291 g/mol. The largest absolute Gasteiger partial charge is 0.370 e. The average Bonchev–Trinajstić information content (AvgIpc) is 2.22. The van der Waals surface area contributed by atoms with Crippen LogP contribution >= 0.6 is 23.2 Å². The first-order valence-electron chi connectivity index (χ1n) is 4.58. The number of nitrogens with one attached hydrogen (secondary N) is 2. The van der Waals surface area contributed by atoms with Crippen molar-refractivity contribution in [1.29, 1.82) is 5.41 Å². The molecule has 0 aromatic heterocycles. The molecular weight excluding hydrogens is 283 g/mol. The van der Waals surface area contributed by atoms with E-state index in [2.05, 4.69) is 0 Å². The van der Waals surface area contributed by atoms with Crippen LogP contribution in [0.5, 0.6) is 0 Å². The second-order valence-electron chi connectivity index (χ2n) is 3.25. The third kappa shape index (κ3) is 3.31. The van der Waals surface area contributed by atoms with E-state index < -0.39 is 16.8 Å². The van der Waals surface area contributed by atoms with Gasteiger partial charge >= 0.3 is 0 Å². The van der Waals surface area contributed by atoms with E-state index in [1.54, 1.807) is 0 Å². The quantitative estimate of drug-likeness (QED) is 0.337. The zero-order valence-electron chi connectivity index (χ0n) is 8.87. The number of guanidine groups is 1. The fourth-order valence-electron chi connectivity index (χ4n) is 1.24. The lowest BCUT2D eigenvalue weighted by Gasteiger charge is -2.07. The monoisotopic (exact) mass is 290 g/mol. The van der Waals surface area contributed by atoms with E-state index in [0.717, 1.165) is 6.07 Å². The lowest BCUT2D eigenvalue weighted by Crippen LogP contribution is -2.36. The minimum Gasteiger partial charge on any atom is -0.370 e. The molecule has 1 aromatic carbocycles. The molecule has 0 bridgehead atoms. The van der Waals surface area contributed by atoms with Crippen molar-refractivity contribution < 1.29 is 9.72 Å². The Morgan fingerprint density at radius 2 is 2.11 bits per heavy atom. The van der Waals surface area contributed by atoms with Crippen LogP contribution in [0.2, 0.25) is 10.0 Å². The molecule has 0 aliphatic rings. The smallest absolute Gasteiger partial charge is 0.288 e. The van der Waals surface area contributed by atoms with E-state index in [4.69, 9.17) is 34.3 Å². The molecular formula is C9H8Cl2N4O3. The third-order valence-corrected chi connectivity index (χ3v) is 2.75. The summed E-state index contributed by atoms with van der Waals surface area (Å²) in [6.45, 7) is 0. The van der Waals surface area contributed by atoms with Gasteiger partial charge in [-0.1, -0.05) is 23.2 Å². The van der Waals surface area contributed by atoms with E-state index in [-0.39, 0.29) is 27.7 Å². The van der Waals surface area contributed by atoms with Crippen molar-refractivity contribution in [3.05, 3.63) is 37.9 Å². The molecule has 0 saturated heterocycles. The fourth-order valence-corrected chi connectivity index (χ4v) is 1.82. The summed E-state index contributed by atoms with van der Waals surface area (Å²) in [5, 5.41) is 19.5. The van der Waals surface area contributed by atoms with Crippen molar-refractivity contribution in [1.82, 2.24) is 5.32 Å². The Bertz CT molecular complexity index is 533. The molecule has 4 N–H and O–H groups in total. The molecule has 0 heterocycles. The molecule has 18 heavy (non-hydrogen) atoms. The zero-order valence-corrected chi connectivity index (χ0v) is 10.4. The van der Waals surface area contributed by atoms with Crippen LogP contribution in [0.1, 0.15) is 5.56 Å². The first-order valence-corrected chi connectivity index (χ1v) is 5.33. The Labute approximate surface area is 112 Å². The van der Waals surface area contributed by atoms with E-state index >= 15 is 0 Å². The van der Waals surface area contributed by atoms with Crippen LogP contribution in [0.4, 0.5) is 5.69 Å². The number of benzene rings is 1. The van der Waals surface area contributed by atoms with Gasteiger partial charge in [-0.15, -0.1) is 0 Å². The van der Waals surface area contributed by atoms with Crippen molar-refractivity contribution in [2.45, 2.75) is 6.42 Å². The molecule has 1 amide bonds. The Morgan fingerprint density at radius 3 is 2.61 bits per heavy atom. The summed E-state index contributed by atoms with van der Waals surface area (Å²) in [5.74, 6) is -1.16. The number of nitro groups is 1. The lowest BCUT2D eigenvalue weighted by atomic mass is 10.1. The number of hydrogen-bond acceptors (Lipinski definition) is 4. The minimum atomic E-state index is -0.676. The fraction of sp³-hybridized carbons (Fsp3) is 0.111. The van der Waals surface area contributed by atoms with E-state index in [0.29, 0.717) is 0 Å². The molecule has 0 aliphatic heterocycles. The van der Waals surface area contributed by atoms with Crippen molar-refractivity contribution >= 4 is 40.8 Å². The molecule has 96 valence electrons. The number of carbonyl (C=O) groups is 1. The van der Waals surface area contributed by atoms with Crippen LogP contribution < -0.4 is 11.1 Å².